The summed E-state index contributed by atoms with van der Waals surface area (Å²) in [5.41, 5.74) is 6.01. The van der Waals surface area contributed by atoms with Crippen LogP contribution in [0.25, 0.3) is 0 Å². The van der Waals surface area contributed by atoms with Crippen LogP contribution >= 0.6 is 0 Å². The number of piperazine rings is 1. The van der Waals surface area contributed by atoms with Crippen molar-refractivity contribution in [3.05, 3.63) is 0 Å². The van der Waals surface area contributed by atoms with E-state index >= 15 is 0 Å². The van der Waals surface area contributed by atoms with Crippen LogP contribution in [0.3, 0.4) is 0 Å². The molecule has 2 saturated heterocycles. The van der Waals surface area contributed by atoms with Crippen molar-refractivity contribution in [1.29, 1.82) is 0 Å². The molecule has 0 aromatic heterocycles. The molecule has 18 heavy (non-hydrogen) atoms. The van der Waals surface area contributed by atoms with Crippen LogP contribution < -0.4 is 5.73 Å². The molecule has 4 atom stereocenters. The van der Waals surface area contributed by atoms with Crippen LogP contribution in [0.2, 0.25) is 0 Å². The maximum atomic E-state index is 6.02. The van der Waals surface area contributed by atoms with Gasteiger partial charge >= 0.3 is 0 Å². The van der Waals surface area contributed by atoms with Crippen molar-refractivity contribution >= 4 is 0 Å². The molecule has 4 nitrogen and oxygen atoms in total. The molecule has 0 radical (unpaired) electrons. The number of ether oxygens (including phenoxy) is 1. The number of nitrogens with zero attached hydrogens (tertiary/aromatic N) is 2. The molecular formula is C14H29N3O. The van der Waals surface area contributed by atoms with Gasteiger partial charge in [0.2, 0.25) is 0 Å². The molecule has 0 aliphatic carbocycles. The van der Waals surface area contributed by atoms with E-state index in [-0.39, 0.29) is 0 Å². The van der Waals surface area contributed by atoms with Crippen LogP contribution in [0, 0.1) is 0 Å². The van der Waals surface area contributed by atoms with Crippen molar-refractivity contribution in [2.24, 2.45) is 5.73 Å². The highest BCUT2D eigenvalue weighted by Crippen LogP contribution is 2.25. The molecule has 4 unspecified atom stereocenters. The zero-order valence-corrected chi connectivity index (χ0v) is 12.1. The highest BCUT2D eigenvalue weighted by Gasteiger charge is 2.35. The molecule has 0 bridgehead atoms. The highest BCUT2D eigenvalue weighted by molar-refractivity contribution is 4.90. The molecule has 2 aliphatic heterocycles. The summed E-state index contributed by atoms with van der Waals surface area (Å²) in [5, 5.41) is 0. The Hall–Kier alpha value is -0.160. The predicted molar refractivity (Wildman–Crippen MR) is 74.7 cm³/mol. The number of likely N-dealkylation sites (N-methyl/N-ethyl adjacent to an activating group) is 1. The first-order valence-electron chi connectivity index (χ1n) is 7.49. The smallest absolute Gasteiger partial charge is 0.0747 e. The summed E-state index contributed by atoms with van der Waals surface area (Å²) in [6.45, 7) is 12.0. The summed E-state index contributed by atoms with van der Waals surface area (Å²) >= 11 is 0. The van der Waals surface area contributed by atoms with Crippen molar-refractivity contribution in [2.75, 3.05) is 32.7 Å². The first-order valence-corrected chi connectivity index (χ1v) is 7.49. The molecule has 2 rings (SSSR count). The summed E-state index contributed by atoms with van der Waals surface area (Å²) in [4.78, 5) is 5.10. The van der Waals surface area contributed by atoms with Crippen LogP contribution in [0.5, 0.6) is 0 Å². The molecule has 0 aromatic carbocycles. The Morgan fingerprint density at radius 2 is 2.06 bits per heavy atom. The van der Waals surface area contributed by atoms with Crippen molar-refractivity contribution < 1.29 is 4.74 Å². The summed E-state index contributed by atoms with van der Waals surface area (Å²) < 4.78 is 6.02. The molecule has 0 spiro atoms. The predicted octanol–water partition coefficient (Wildman–Crippen LogP) is 0.907. The zero-order chi connectivity index (χ0) is 13.1. The van der Waals surface area contributed by atoms with E-state index in [4.69, 9.17) is 10.5 Å². The fourth-order valence-electron chi connectivity index (χ4n) is 3.45. The molecule has 0 amide bonds. The van der Waals surface area contributed by atoms with Gasteiger partial charge in [-0.3, -0.25) is 9.80 Å². The van der Waals surface area contributed by atoms with E-state index in [9.17, 15) is 0 Å². The van der Waals surface area contributed by atoms with Crippen LogP contribution in [-0.4, -0.2) is 66.8 Å². The molecule has 2 heterocycles. The van der Waals surface area contributed by atoms with Crippen molar-refractivity contribution in [1.82, 2.24) is 9.80 Å². The molecule has 0 saturated carbocycles. The topological polar surface area (TPSA) is 41.7 Å². The van der Waals surface area contributed by atoms with E-state index in [0.29, 0.717) is 24.3 Å². The normalized spacial score (nSPS) is 37.0. The van der Waals surface area contributed by atoms with Gasteiger partial charge in [0.25, 0.3) is 0 Å². The first-order chi connectivity index (χ1) is 8.65. The molecule has 2 N–H and O–H groups in total. The molecule has 2 aliphatic rings. The summed E-state index contributed by atoms with van der Waals surface area (Å²) in [6, 6.07) is 1.05. The van der Waals surface area contributed by atoms with E-state index in [1.54, 1.807) is 0 Å². The van der Waals surface area contributed by atoms with Crippen LogP contribution in [-0.2, 0) is 4.74 Å². The number of hydrogen-bond acceptors (Lipinski definition) is 4. The van der Waals surface area contributed by atoms with Crippen molar-refractivity contribution in [3.8, 4) is 0 Å². The fraction of sp³-hybridized carbons (Fsp3) is 1.00. The fourth-order valence-corrected chi connectivity index (χ4v) is 3.45. The Kier molecular flexibility index (Phi) is 5.01. The molecular weight excluding hydrogens is 226 g/mol. The number of rotatable bonds is 4. The van der Waals surface area contributed by atoms with E-state index in [1.807, 2.05) is 0 Å². The largest absolute Gasteiger partial charge is 0.374 e. The van der Waals surface area contributed by atoms with Gasteiger partial charge < -0.3 is 10.5 Å². The van der Waals surface area contributed by atoms with Gasteiger partial charge in [-0.05, 0) is 33.2 Å². The van der Waals surface area contributed by atoms with E-state index in [1.165, 1.54) is 12.8 Å². The minimum absolute atomic E-state index is 0.352. The first kappa shape index (κ1) is 14.3. The lowest BCUT2D eigenvalue weighted by Crippen LogP contribution is -2.59. The Bertz CT molecular complexity index is 261. The van der Waals surface area contributed by atoms with Gasteiger partial charge in [-0.2, -0.15) is 0 Å². The van der Waals surface area contributed by atoms with Gasteiger partial charge in [-0.1, -0.05) is 6.92 Å². The van der Waals surface area contributed by atoms with Gasteiger partial charge in [0.05, 0.1) is 12.2 Å². The molecule has 106 valence electrons. The van der Waals surface area contributed by atoms with Gasteiger partial charge in [0.15, 0.2) is 0 Å². The Labute approximate surface area is 111 Å². The lowest BCUT2D eigenvalue weighted by atomic mass is 10.0. The maximum absolute atomic E-state index is 6.02. The third kappa shape index (κ3) is 3.05. The Morgan fingerprint density at radius 1 is 1.28 bits per heavy atom. The van der Waals surface area contributed by atoms with Gasteiger partial charge in [0, 0.05) is 38.3 Å². The van der Waals surface area contributed by atoms with Gasteiger partial charge in [0.1, 0.15) is 0 Å². The lowest BCUT2D eigenvalue weighted by molar-refractivity contribution is -0.0275. The number of nitrogens with two attached hydrogens (primary N) is 1. The summed E-state index contributed by atoms with van der Waals surface area (Å²) in [7, 11) is 0. The summed E-state index contributed by atoms with van der Waals surface area (Å²) in [5.74, 6) is 0. The average Bonchev–Trinajstić information content (AvgIpc) is 2.77. The van der Waals surface area contributed by atoms with Crippen LogP contribution in [0.4, 0.5) is 0 Å². The minimum Gasteiger partial charge on any atom is -0.374 e. The minimum atomic E-state index is 0.352. The van der Waals surface area contributed by atoms with Crippen molar-refractivity contribution in [2.45, 2.75) is 57.9 Å². The van der Waals surface area contributed by atoms with E-state index in [2.05, 4.69) is 30.6 Å². The SMILES string of the molecule is CCN1CCN(C(CN)C2CCC(C)O2)CC1C. The third-order valence-corrected chi connectivity index (χ3v) is 4.61. The Morgan fingerprint density at radius 3 is 2.56 bits per heavy atom. The monoisotopic (exact) mass is 255 g/mol. The van der Waals surface area contributed by atoms with Crippen molar-refractivity contribution in [3.63, 3.8) is 0 Å². The molecule has 0 aromatic rings. The summed E-state index contributed by atoms with van der Waals surface area (Å²) in [6.07, 6.45) is 3.13. The average molecular weight is 255 g/mol. The zero-order valence-electron chi connectivity index (χ0n) is 12.1. The second kappa shape index (κ2) is 6.33. The third-order valence-electron chi connectivity index (χ3n) is 4.61. The quantitative estimate of drug-likeness (QED) is 0.811. The second-order valence-corrected chi connectivity index (χ2v) is 5.84. The van der Waals surface area contributed by atoms with Gasteiger partial charge in [-0.25, -0.2) is 0 Å². The highest BCUT2D eigenvalue weighted by atomic mass is 16.5. The molecule has 2 fully saturated rings. The standard InChI is InChI=1S/C14H29N3O/c1-4-16-7-8-17(10-11(16)2)13(9-15)14-6-5-12(3)18-14/h11-14H,4-10,15H2,1-3H3. The van der Waals surface area contributed by atoms with Crippen LogP contribution in [0.15, 0.2) is 0 Å². The van der Waals surface area contributed by atoms with E-state index < -0.39 is 0 Å². The Balaban J connectivity index is 1.93. The second-order valence-electron chi connectivity index (χ2n) is 5.84. The lowest BCUT2D eigenvalue weighted by Gasteiger charge is -2.44. The number of hydrogen-bond donors (Lipinski definition) is 1. The van der Waals surface area contributed by atoms with E-state index in [0.717, 1.165) is 32.7 Å². The van der Waals surface area contributed by atoms with Gasteiger partial charge in [-0.15, -0.1) is 0 Å². The molecule has 4 heteroatoms. The van der Waals surface area contributed by atoms with Crippen LogP contribution in [0.1, 0.15) is 33.6 Å². The maximum Gasteiger partial charge on any atom is 0.0747 e.